The molecule has 0 heterocycles. The molecule has 1 aliphatic carbocycles. The van der Waals surface area contributed by atoms with Crippen molar-refractivity contribution in [2.75, 3.05) is 0 Å². The number of hydrogen-bond acceptors (Lipinski definition) is 3. The molecule has 1 aliphatic rings. The third kappa shape index (κ3) is 4.81. The summed E-state index contributed by atoms with van der Waals surface area (Å²) in [4.78, 5) is 2.59. The minimum atomic E-state index is -3.56. The molecule has 1 N–H and O–H groups in total. The summed E-state index contributed by atoms with van der Waals surface area (Å²) in [6, 6.07) is 6.53. The molecule has 21 heavy (non-hydrogen) atoms. The molecule has 0 unspecified atom stereocenters. The lowest BCUT2D eigenvalue weighted by molar-refractivity contribution is 0.407. The molecule has 0 aliphatic heterocycles. The highest BCUT2D eigenvalue weighted by Gasteiger charge is 2.18. The van der Waals surface area contributed by atoms with Gasteiger partial charge in [-0.15, -0.1) is 0 Å². The minimum Gasteiger partial charge on any atom is -0.200 e. The summed E-state index contributed by atoms with van der Waals surface area (Å²) in [7, 11) is -3.56. The lowest BCUT2D eigenvalue weighted by Crippen LogP contribution is -2.22. The highest BCUT2D eigenvalue weighted by atomic mass is 79.9. The van der Waals surface area contributed by atoms with Crippen LogP contribution in [-0.2, 0) is 10.0 Å². The fourth-order valence-corrected chi connectivity index (χ4v) is 3.72. The fourth-order valence-electron chi connectivity index (χ4n) is 2.61. The lowest BCUT2D eigenvalue weighted by Gasteiger charge is -2.22. The number of halogens is 1. The number of nitrogens with zero attached hydrogens (tertiary/aromatic N) is 1. The zero-order chi connectivity index (χ0) is 15.3. The van der Waals surface area contributed by atoms with Gasteiger partial charge in [0.05, 0.1) is 4.90 Å². The zero-order valence-electron chi connectivity index (χ0n) is 12.2. The second-order valence-corrected chi connectivity index (χ2v) is 8.04. The summed E-state index contributed by atoms with van der Waals surface area (Å²) in [6.07, 6.45) is 6.51. The van der Waals surface area contributed by atoms with Crippen LogP contribution in [0.5, 0.6) is 0 Å². The Hall–Kier alpha value is -0.880. The molecule has 0 radical (unpaired) electrons. The molecule has 0 saturated heterocycles. The first-order valence-corrected chi connectivity index (χ1v) is 9.61. The van der Waals surface area contributed by atoms with Gasteiger partial charge >= 0.3 is 0 Å². The quantitative estimate of drug-likeness (QED) is 0.791. The summed E-state index contributed by atoms with van der Waals surface area (Å²) < 4.78 is 25.1. The van der Waals surface area contributed by atoms with Crippen molar-refractivity contribution < 1.29 is 8.42 Å². The van der Waals surface area contributed by atoms with Crippen LogP contribution in [0.1, 0.15) is 45.4 Å². The van der Waals surface area contributed by atoms with Crippen LogP contribution in [0.15, 0.2) is 38.7 Å². The second kappa shape index (κ2) is 7.40. The van der Waals surface area contributed by atoms with E-state index >= 15 is 0 Å². The smallest absolute Gasteiger partial charge is 0.200 e. The molecule has 6 heteroatoms. The van der Waals surface area contributed by atoms with E-state index in [4.69, 9.17) is 0 Å². The predicted octanol–water partition coefficient (Wildman–Crippen LogP) is 4.07. The summed E-state index contributed by atoms with van der Waals surface area (Å²) >= 11 is 3.29. The molecule has 2 rings (SSSR count). The summed E-state index contributed by atoms with van der Waals surface area (Å²) in [5.74, 6) is 0.775. The van der Waals surface area contributed by atoms with E-state index in [1.807, 2.05) is 0 Å². The Labute approximate surface area is 135 Å². The van der Waals surface area contributed by atoms with Crippen LogP contribution in [0, 0.1) is 5.92 Å². The van der Waals surface area contributed by atoms with Crippen molar-refractivity contribution in [3.8, 4) is 0 Å². The van der Waals surface area contributed by atoms with Crippen LogP contribution in [0.2, 0.25) is 0 Å². The highest BCUT2D eigenvalue weighted by Crippen LogP contribution is 2.26. The van der Waals surface area contributed by atoms with Gasteiger partial charge in [-0.3, -0.25) is 0 Å². The van der Waals surface area contributed by atoms with Gasteiger partial charge in [0.15, 0.2) is 0 Å². The number of rotatable bonds is 5. The summed E-state index contributed by atoms with van der Waals surface area (Å²) in [6.45, 7) is 2.20. The van der Waals surface area contributed by atoms with Crippen molar-refractivity contribution >= 4 is 31.7 Å². The molecule has 0 aromatic heterocycles. The van der Waals surface area contributed by atoms with Crippen LogP contribution in [0.4, 0.5) is 0 Å². The first kappa shape index (κ1) is 16.5. The number of hydrazone groups is 1. The van der Waals surface area contributed by atoms with Crippen molar-refractivity contribution in [3.63, 3.8) is 0 Å². The Morgan fingerprint density at radius 3 is 2.43 bits per heavy atom. The molecule has 0 atom stereocenters. The minimum absolute atomic E-state index is 0.231. The Balaban J connectivity index is 1.96. The number of hydrogen-bond donors (Lipinski definition) is 1. The topological polar surface area (TPSA) is 58.5 Å². The van der Waals surface area contributed by atoms with E-state index in [1.165, 1.54) is 12.8 Å². The molecule has 1 aromatic rings. The average molecular weight is 373 g/mol. The van der Waals surface area contributed by atoms with Crippen LogP contribution >= 0.6 is 15.9 Å². The number of benzene rings is 1. The third-order valence-electron chi connectivity index (χ3n) is 3.83. The molecular weight excluding hydrogens is 352 g/mol. The Morgan fingerprint density at radius 1 is 1.24 bits per heavy atom. The van der Waals surface area contributed by atoms with Crippen molar-refractivity contribution in [1.82, 2.24) is 4.83 Å². The first-order valence-electron chi connectivity index (χ1n) is 7.34. The standard InChI is InChI=1S/C15H21BrN2O2S/c1-2-3-12-4-8-14(9-5-12)17-18-21(19,20)15-10-6-13(16)7-11-15/h6-7,10-12,18H,2-5,8-9H2,1H3. The predicted molar refractivity (Wildman–Crippen MR) is 88.8 cm³/mol. The SMILES string of the molecule is CCCC1CCC(=NNS(=O)(=O)c2ccc(Br)cc2)CC1. The van der Waals surface area contributed by atoms with Gasteiger partial charge in [-0.05, 0) is 55.9 Å². The van der Waals surface area contributed by atoms with E-state index in [9.17, 15) is 8.42 Å². The molecular formula is C15H21BrN2O2S. The van der Waals surface area contributed by atoms with Gasteiger partial charge in [0, 0.05) is 10.2 Å². The third-order valence-corrected chi connectivity index (χ3v) is 5.58. The average Bonchev–Trinajstić information content (AvgIpc) is 2.47. The molecule has 4 nitrogen and oxygen atoms in total. The van der Waals surface area contributed by atoms with Crippen molar-refractivity contribution in [1.29, 1.82) is 0 Å². The van der Waals surface area contributed by atoms with Gasteiger partial charge in [-0.1, -0.05) is 35.7 Å². The van der Waals surface area contributed by atoms with Gasteiger partial charge in [0.1, 0.15) is 0 Å². The van der Waals surface area contributed by atoms with E-state index in [2.05, 4.69) is 32.8 Å². The van der Waals surface area contributed by atoms with Gasteiger partial charge in [0.25, 0.3) is 10.0 Å². The van der Waals surface area contributed by atoms with Gasteiger partial charge < -0.3 is 0 Å². The van der Waals surface area contributed by atoms with Gasteiger partial charge in [-0.2, -0.15) is 13.5 Å². The Kier molecular flexibility index (Phi) is 5.81. The molecule has 0 bridgehead atoms. The maximum atomic E-state index is 12.1. The van der Waals surface area contributed by atoms with Crippen LogP contribution in [0.25, 0.3) is 0 Å². The number of nitrogens with one attached hydrogen (secondary N) is 1. The van der Waals surface area contributed by atoms with Crippen molar-refractivity contribution in [3.05, 3.63) is 28.7 Å². The van der Waals surface area contributed by atoms with Crippen LogP contribution < -0.4 is 4.83 Å². The second-order valence-electron chi connectivity index (χ2n) is 5.46. The van der Waals surface area contributed by atoms with E-state index in [0.29, 0.717) is 0 Å². The van der Waals surface area contributed by atoms with E-state index in [-0.39, 0.29) is 4.90 Å². The van der Waals surface area contributed by atoms with Crippen LogP contribution in [0.3, 0.4) is 0 Å². The fraction of sp³-hybridized carbons (Fsp3) is 0.533. The van der Waals surface area contributed by atoms with E-state index in [1.54, 1.807) is 24.3 Å². The van der Waals surface area contributed by atoms with E-state index in [0.717, 1.165) is 41.8 Å². The van der Waals surface area contributed by atoms with Gasteiger partial charge in [0.2, 0.25) is 0 Å². The number of sulfonamides is 1. The molecule has 1 fully saturated rings. The molecule has 1 aromatic carbocycles. The summed E-state index contributed by atoms with van der Waals surface area (Å²) in [5.41, 5.74) is 0.961. The molecule has 0 spiro atoms. The monoisotopic (exact) mass is 372 g/mol. The normalized spacial score (nSPS) is 19.3. The largest absolute Gasteiger partial charge is 0.276 e. The molecule has 116 valence electrons. The maximum absolute atomic E-state index is 12.1. The van der Waals surface area contributed by atoms with E-state index < -0.39 is 10.0 Å². The molecule has 1 saturated carbocycles. The van der Waals surface area contributed by atoms with Crippen molar-refractivity contribution in [2.45, 2.75) is 50.3 Å². The highest BCUT2D eigenvalue weighted by molar-refractivity contribution is 9.10. The first-order chi connectivity index (χ1) is 10.0. The zero-order valence-corrected chi connectivity index (χ0v) is 14.6. The van der Waals surface area contributed by atoms with Crippen molar-refractivity contribution in [2.24, 2.45) is 11.0 Å². The van der Waals surface area contributed by atoms with Gasteiger partial charge in [-0.25, -0.2) is 4.83 Å². The molecule has 0 amide bonds. The lowest BCUT2D eigenvalue weighted by atomic mass is 9.85. The maximum Gasteiger partial charge on any atom is 0.276 e. The Morgan fingerprint density at radius 2 is 1.86 bits per heavy atom. The van der Waals surface area contributed by atoms with Crippen LogP contribution in [-0.4, -0.2) is 14.1 Å². The Bertz CT molecular complexity index is 587. The summed E-state index contributed by atoms with van der Waals surface area (Å²) in [5, 5.41) is 4.12.